The van der Waals surface area contributed by atoms with E-state index in [4.69, 9.17) is 28.2 Å². The highest BCUT2D eigenvalue weighted by molar-refractivity contribution is 8.17. The molecule has 7 heteroatoms. The summed E-state index contributed by atoms with van der Waals surface area (Å²) in [5.74, 6) is -0.155. The van der Waals surface area contributed by atoms with E-state index in [9.17, 15) is 4.79 Å². The molecule has 1 aromatic heterocycles. The van der Waals surface area contributed by atoms with Gasteiger partial charge in [-0.3, -0.25) is 9.69 Å². The largest absolute Gasteiger partial charge is 0.276 e. The number of benzene rings is 2. The molecule has 0 radical (unpaired) electrons. The Morgan fingerprint density at radius 3 is 2.47 bits per heavy atom. The quantitative estimate of drug-likeness (QED) is 0.381. The molecule has 0 bridgehead atoms. The number of thiophene rings is 1. The molecule has 3 nitrogen and oxygen atoms in total. The third-order valence-electron chi connectivity index (χ3n) is 5.56. The smallest absolute Gasteiger partial charge is 0.263 e. The lowest BCUT2D eigenvalue weighted by molar-refractivity contribution is 0.0743. The van der Waals surface area contributed by atoms with Gasteiger partial charge in [0.25, 0.3) is 5.91 Å². The highest BCUT2D eigenvalue weighted by Gasteiger charge is 2.49. The summed E-state index contributed by atoms with van der Waals surface area (Å²) in [7, 11) is 0. The Labute approximate surface area is 194 Å². The second-order valence-electron chi connectivity index (χ2n) is 7.00. The second kappa shape index (κ2) is 8.39. The van der Waals surface area contributed by atoms with Crippen molar-refractivity contribution in [3.05, 3.63) is 74.9 Å². The average molecular weight is 475 g/mol. The zero-order valence-electron chi connectivity index (χ0n) is 16.6. The Balaban J connectivity index is 1.91. The Kier molecular flexibility index (Phi) is 5.99. The molecular weight excluding hydrogens is 455 g/mol. The van der Waals surface area contributed by atoms with Gasteiger partial charge in [-0.25, -0.2) is 4.99 Å². The molecule has 1 saturated heterocycles. The molecule has 3 aromatic rings. The molecule has 2 aromatic carbocycles. The molecule has 0 atom stereocenters. The van der Waals surface area contributed by atoms with Gasteiger partial charge in [-0.2, -0.15) is 0 Å². The van der Waals surface area contributed by atoms with E-state index < -0.39 is 5.54 Å². The van der Waals surface area contributed by atoms with Gasteiger partial charge in [-0.1, -0.05) is 85.7 Å². The number of aliphatic imine (C=N–C) groups is 1. The van der Waals surface area contributed by atoms with Crippen molar-refractivity contribution < 1.29 is 4.79 Å². The van der Waals surface area contributed by atoms with Crippen LogP contribution in [0.3, 0.4) is 0 Å². The molecule has 0 N–H and O–H groups in total. The van der Waals surface area contributed by atoms with Gasteiger partial charge in [-0.05, 0) is 31.0 Å². The van der Waals surface area contributed by atoms with Crippen LogP contribution in [0, 0.1) is 0 Å². The van der Waals surface area contributed by atoms with E-state index in [-0.39, 0.29) is 5.91 Å². The average Bonchev–Trinajstić information content (AvgIpc) is 3.22. The van der Waals surface area contributed by atoms with E-state index >= 15 is 0 Å². The van der Waals surface area contributed by atoms with Crippen LogP contribution in [-0.2, 0) is 0 Å². The number of amides is 1. The number of carbonyl (C=O) groups excluding carboxylic acids is 1. The number of rotatable bonds is 4. The predicted octanol–water partition coefficient (Wildman–Crippen LogP) is 8.16. The van der Waals surface area contributed by atoms with E-state index in [2.05, 4.69) is 20.4 Å². The van der Waals surface area contributed by atoms with Crippen molar-refractivity contribution >= 4 is 73.1 Å². The first-order chi connectivity index (χ1) is 14.4. The topological polar surface area (TPSA) is 32.7 Å². The van der Waals surface area contributed by atoms with Gasteiger partial charge in [0.15, 0.2) is 5.17 Å². The summed E-state index contributed by atoms with van der Waals surface area (Å²) in [6, 6.07) is 15.1. The molecule has 30 heavy (non-hydrogen) atoms. The lowest BCUT2D eigenvalue weighted by atomic mass is 9.90. The number of thioether (sulfide) groups is 1. The van der Waals surface area contributed by atoms with Crippen LogP contribution in [0.25, 0.3) is 10.1 Å². The molecule has 0 aliphatic carbocycles. The summed E-state index contributed by atoms with van der Waals surface area (Å²) < 4.78 is 1.47. The van der Waals surface area contributed by atoms with Crippen molar-refractivity contribution in [3.8, 4) is 0 Å². The molecule has 1 aliphatic rings. The van der Waals surface area contributed by atoms with Gasteiger partial charge in [0.1, 0.15) is 4.34 Å². The van der Waals surface area contributed by atoms with Gasteiger partial charge >= 0.3 is 0 Å². The van der Waals surface area contributed by atoms with Crippen LogP contribution in [-0.4, -0.2) is 21.5 Å². The van der Waals surface area contributed by atoms with Gasteiger partial charge < -0.3 is 0 Å². The van der Waals surface area contributed by atoms with Crippen molar-refractivity contribution in [2.45, 2.75) is 32.2 Å². The van der Waals surface area contributed by atoms with E-state index in [1.54, 1.807) is 11.0 Å². The summed E-state index contributed by atoms with van der Waals surface area (Å²) in [6.07, 6.45) is 1.45. The molecule has 0 unspecified atom stereocenters. The maximum absolute atomic E-state index is 14.0. The molecule has 2 heterocycles. The maximum atomic E-state index is 14.0. The number of hydrogen-bond acceptors (Lipinski definition) is 4. The maximum Gasteiger partial charge on any atom is 0.263 e. The van der Waals surface area contributed by atoms with Crippen LogP contribution < -0.4 is 0 Å². The van der Waals surface area contributed by atoms with Crippen LogP contribution in [0.1, 0.15) is 37.0 Å². The van der Waals surface area contributed by atoms with Gasteiger partial charge in [0.2, 0.25) is 0 Å². The summed E-state index contributed by atoms with van der Waals surface area (Å²) in [6.45, 7) is 8.43. The lowest BCUT2D eigenvalue weighted by Gasteiger charge is -2.36. The first kappa shape index (κ1) is 21.4. The third-order valence-corrected chi connectivity index (χ3v) is 8.34. The first-order valence-corrected chi connectivity index (χ1v) is 12.0. The van der Waals surface area contributed by atoms with E-state index in [0.29, 0.717) is 25.8 Å². The Bertz CT molecular complexity index is 1180. The second-order valence-corrected chi connectivity index (χ2v) is 10.1. The Morgan fingerprint density at radius 1 is 1.10 bits per heavy atom. The third kappa shape index (κ3) is 3.38. The molecule has 0 saturated carbocycles. The molecule has 1 aliphatic heterocycles. The lowest BCUT2D eigenvalue weighted by Crippen LogP contribution is -2.49. The molecule has 4 rings (SSSR count). The monoisotopic (exact) mass is 474 g/mol. The van der Waals surface area contributed by atoms with Crippen LogP contribution in [0.5, 0.6) is 0 Å². The fraction of sp³-hybridized carbons (Fsp3) is 0.217. The van der Waals surface area contributed by atoms with Crippen LogP contribution in [0.2, 0.25) is 9.36 Å². The van der Waals surface area contributed by atoms with Crippen molar-refractivity contribution in [2.24, 2.45) is 4.99 Å². The Hall–Kier alpha value is -1.79. The summed E-state index contributed by atoms with van der Waals surface area (Å²) in [5.41, 5.74) is 0.607. The van der Waals surface area contributed by atoms with Gasteiger partial charge in [0.05, 0.1) is 21.8 Å². The van der Waals surface area contributed by atoms with E-state index in [1.165, 1.54) is 23.1 Å². The van der Waals surface area contributed by atoms with Gasteiger partial charge in [-0.15, -0.1) is 11.3 Å². The molecule has 0 spiro atoms. The fourth-order valence-corrected chi connectivity index (χ4v) is 6.66. The summed E-state index contributed by atoms with van der Waals surface area (Å²) in [4.78, 5) is 21.4. The minimum Gasteiger partial charge on any atom is -0.276 e. The summed E-state index contributed by atoms with van der Waals surface area (Å²) >= 11 is 15.8. The predicted molar refractivity (Wildman–Crippen MR) is 132 cm³/mol. The van der Waals surface area contributed by atoms with E-state index in [1.807, 2.05) is 42.5 Å². The minimum atomic E-state index is -0.534. The van der Waals surface area contributed by atoms with Crippen LogP contribution >= 0.6 is 46.3 Å². The fourth-order valence-electron chi connectivity index (χ4n) is 3.85. The SMILES string of the molecule is C=C1SC(=Nc2ccccc2Cl)N(C(=O)c2c(Cl)sc3ccccc23)C1(CC)CC. The number of nitrogens with zero attached hydrogens (tertiary/aromatic N) is 2. The number of amidine groups is 1. The van der Waals surface area contributed by atoms with Crippen LogP contribution in [0.4, 0.5) is 5.69 Å². The van der Waals surface area contributed by atoms with Crippen molar-refractivity contribution in [2.75, 3.05) is 0 Å². The zero-order chi connectivity index (χ0) is 21.5. The highest BCUT2D eigenvalue weighted by atomic mass is 35.5. The van der Waals surface area contributed by atoms with Gasteiger partial charge in [0, 0.05) is 15.0 Å². The molecule has 1 fully saturated rings. The number of carbonyl (C=O) groups is 1. The normalized spacial score (nSPS) is 17.3. The Morgan fingerprint density at radius 2 is 1.77 bits per heavy atom. The minimum absolute atomic E-state index is 0.155. The van der Waals surface area contributed by atoms with Crippen molar-refractivity contribution in [1.82, 2.24) is 4.90 Å². The van der Waals surface area contributed by atoms with Crippen LogP contribution in [0.15, 0.2) is 65.0 Å². The molecule has 154 valence electrons. The number of fused-ring (bicyclic) bond motifs is 1. The molecular formula is C23H20Cl2N2OS2. The van der Waals surface area contributed by atoms with Crippen molar-refractivity contribution in [1.29, 1.82) is 0 Å². The van der Waals surface area contributed by atoms with E-state index in [0.717, 1.165) is 27.8 Å². The number of hydrogen-bond donors (Lipinski definition) is 0. The van der Waals surface area contributed by atoms with Crippen molar-refractivity contribution in [3.63, 3.8) is 0 Å². The number of halogens is 2. The number of para-hydroxylation sites is 1. The molecule has 1 amide bonds. The first-order valence-electron chi connectivity index (χ1n) is 9.65. The zero-order valence-corrected chi connectivity index (χ0v) is 19.8. The standard InChI is InChI=1S/C23H20Cl2N2OS2/c1-4-23(5-2)14(3)29-22(26-17-12-8-7-11-16(17)24)27(23)21(28)19-15-10-6-9-13-18(15)30-20(19)25/h6-13H,3-5H2,1-2H3. The summed E-state index contributed by atoms with van der Waals surface area (Å²) in [5, 5.41) is 1.97. The highest BCUT2D eigenvalue weighted by Crippen LogP contribution is 2.49.